The first-order valence-corrected chi connectivity index (χ1v) is 5.06. The molecule has 0 aliphatic rings. The van der Waals surface area contributed by atoms with E-state index in [0.717, 1.165) is 29.9 Å². The van der Waals surface area contributed by atoms with Crippen molar-refractivity contribution in [3.05, 3.63) is 30.2 Å². The van der Waals surface area contributed by atoms with Gasteiger partial charge in [-0.05, 0) is 31.5 Å². The van der Waals surface area contributed by atoms with Crippen LogP contribution in [0.25, 0.3) is 5.65 Å². The highest BCUT2D eigenvalue weighted by molar-refractivity contribution is 5.54. The molecule has 2 heterocycles. The lowest BCUT2D eigenvalue weighted by Crippen LogP contribution is -2.00. The Labute approximate surface area is 88.7 Å². The van der Waals surface area contributed by atoms with Crippen molar-refractivity contribution in [3.63, 3.8) is 0 Å². The Hall–Kier alpha value is -1.55. The Kier molecular flexibility index (Phi) is 2.87. The third kappa shape index (κ3) is 1.94. The first-order valence-electron chi connectivity index (χ1n) is 5.06. The van der Waals surface area contributed by atoms with Gasteiger partial charge < -0.3 is 14.9 Å². The summed E-state index contributed by atoms with van der Waals surface area (Å²) in [5.41, 5.74) is 7.40. The minimum Gasteiger partial charge on any atom is -0.493 e. The van der Waals surface area contributed by atoms with E-state index in [0.29, 0.717) is 6.54 Å². The number of fused-ring (bicyclic) bond motifs is 1. The van der Waals surface area contributed by atoms with E-state index >= 15 is 0 Å². The van der Waals surface area contributed by atoms with Gasteiger partial charge in [0.05, 0.1) is 12.8 Å². The first kappa shape index (κ1) is 9.98. The highest BCUT2D eigenvalue weighted by atomic mass is 16.5. The minimum absolute atomic E-state index is 0.699. The largest absolute Gasteiger partial charge is 0.493 e. The summed E-state index contributed by atoms with van der Waals surface area (Å²) < 4.78 is 7.21. The molecule has 0 spiro atoms. The highest BCUT2D eigenvalue weighted by Crippen LogP contribution is 2.18. The molecule has 15 heavy (non-hydrogen) atoms. The summed E-state index contributed by atoms with van der Waals surface area (Å²) in [6.07, 6.45) is 5.87. The Morgan fingerprint density at radius 2 is 2.40 bits per heavy atom. The van der Waals surface area contributed by atoms with Gasteiger partial charge in [-0.25, -0.2) is 4.98 Å². The van der Waals surface area contributed by atoms with Crippen LogP contribution in [0.3, 0.4) is 0 Å². The molecule has 4 nitrogen and oxygen atoms in total. The van der Waals surface area contributed by atoms with Crippen LogP contribution < -0.4 is 10.5 Å². The molecule has 2 N–H and O–H groups in total. The SMILES string of the molecule is COc1cccn2cc(CCCN)nc12. The summed E-state index contributed by atoms with van der Waals surface area (Å²) >= 11 is 0. The molecular weight excluding hydrogens is 190 g/mol. The molecule has 0 bridgehead atoms. The lowest BCUT2D eigenvalue weighted by atomic mass is 10.2. The van der Waals surface area contributed by atoms with E-state index in [-0.39, 0.29) is 0 Å². The number of pyridine rings is 1. The van der Waals surface area contributed by atoms with E-state index in [4.69, 9.17) is 10.5 Å². The van der Waals surface area contributed by atoms with Gasteiger partial charge >= 0.3 is 0 Å². The second kappa shape index (κ2) is 4.31. The van der Waals surface area contributed by atoms with Gasteiger partial charge in [-0.1, -0.05) is 0 Å². The first-order chi connectivity index (χ1) is 7.35. The van der Waals surface area contributed by atoms with Gasteiger partial charge in [0, 0.05) is 12.4 Å². The molecule has 0 atom stereocenters. The Morgan fingerprint density at radius 3 is 3.13 bits per heavy atom. The van der Waals surface area contributed by atoms with Gasteiger partial charge in [0.15, 0.2) is 11.4 Å². The van der Waals surface area contributed by atoms with Crippen molar-refractivity contribution in [2.24, 2.45) is 5.73 Å². The van der Waals surface area contributed by atoms with Gasteiger partial charge in [0.25, 0.3) is 0 Å². The van der Waals surface area contributed by atoms with E-state index in [1.807, 2.05) is 28.9 Å². The predicted molar refractivity (Wildman–Crippen MR) is 59.1 cm³/mol. The molecule has 2 aromatic rings. The lowest BCUT2D eigenvalue weighted by Gasteiger charge is -1.99. The van der Waals surface area contributed by atoms with Crippen LogP contribution in [0.15, 0.2) is 24.5 Å². The normalized spacial score (nSPS) is 10.8. The maximum absolute atomic E-state index is 5.47. The molecule has 0 amide bonds. The topological polar surface area (TPSA) is 52.5 Å². The van der Waals surface area contributed by atoms with Gasteiger partial charge in [-0.2, -0.15) is 0 Å². The average molecular weight is 205 g/mol. The predicted octanol–water partition coefficient (Wildman–Crippen LogP) is 1.23. The van der Waals surface area contributed by atoms with Crippen LogP contribution in [-0.2, 0) is 6.42 Å². The van der Waals surface area contributed by atoms with E-state index in [2.05, 4.69) is 4.98 Å². The quantitative estimate of drug-likeness (QED) is 0.816. The molecule has 0 aliphatic carbocycles. The van der Waals surface area contributed by atoms with Gasteiger partial charge in [-0.15, -0.1) is 0 Å². The number of nitrogens with two attached hydrogens (primary N) is 1. The maximum Gasteiger partial charge on any atom is 0.179 e. The molecule has 4 heteroatoms. The summed E-state index contributed by atoms with van der Waals surface area (Å²) in [5.74, 6) is 0.802. The molecule has 0 unspecified atom stereocenters. The molecular formula is C11H15N3O. The third-order valence-electron chi connectivity index (χ3n) is 2.35. The minimum atomic E-state index is 0.699. The lowest BCUT2D eigenvalue weighted by molar-refractivity contribution is 0.417. The molecule has 0 fully saturated rings. The van der Waals surface area contributed by atoms with Crippen molar-refractivity contribution in [2.45, 2.75) is 12.8 Å². The van der Waals surface area contributed by atoms with Crippen molar-refractivity contribution in [1.82, 2.24) is 9.38 Å². The summed E-state index contributed by atoms with van der Waals surface area (Å²) in [4.78, 5) is 4.50. The zero-order chi connectivity index (χ0) is 10.7. The van der Waals surface area contributed by atoms with Crippen LogP contribution in [0.5, 0.6) is 5.75 Å². The number of rotatable bonds is 4. The standard InChI is InChI=1S/C11H15N3O/c1-15-10-5-3-7-14-8-9(4-2-6-12)13-11(10)14/h3,5,7-8H,2,4,6,12H2,1H3. The van der Waals surface area contributed by atoms with Crippen LogP contribution in [0.4, 0.5) is 0 Å². The summed E-state index contributed by atoms with van der Waals surface area (Å²) in [6.45, 7) is 0.699. The number of ether oxygens (including phenoxy) is 1. The molecule has 2 rings (SSSR count). The van der Waals surface area contributed by atoms with E-state index in [1.54, 1.807) is 7.11 Å². The number of hydrogen-bond donors (Lipinski definition) is 1. The van der Waals surface area contributed by atoms with Crippen molar-refractivity contribution in [2.75, 3.05) is 13.7 Å². The van der Waals surface area contributed by atoms with Gasteiger partial charge in [0.1, 0.15) is 0 Å². The Morgan fingerprint density at radius 1 is 1.53 bits per heavy atom. The third-order valence-corrected chi connectivity index (χ3v) is 2.35. The van der Waals surface area contributed by atoms with Gasteiger partial charge in [-0.3, -0.25) is 0 Å². The average Bonchev–Trinajstić information content (AvgIpc) is 2.68. The number of imidazole rings is 1. The summed E-state index contributed by atoms with van der Waals surface area (Å²) in [7, 11) is 1.66. The van der Waals surface area contributed by atoms with Crippen molar-refractivity contribution in [1.29, 1.82) is 0 Å². The molecule has 2 aromatic heterocycles. The van der Waals surface area contributed by atoms with Crippen molar-refractivity contribution >= 4 is 5.65 Å². The monoisotopic (exact) mass is 205 g/mol. The number of aromatic nitrogens is 2. The van der Waals surface area contributed by atoms with E-state index < -0.39 is 0 Å². The Balaban J connectivity index is 2.37. The van der Waals surface area contributed by atoms with Crippen LogP contribution >= 0.6 is 0 Å². The highest BCUT2D eigenvalue weighted by Gasteiger charge is 2.05. The molecule has 0 aromatic carbocycles. The molecule has 0 saturated heterocycles. The van der Waals surface area contributed by atoms with E-state index in [9.17, 15) is 0 Å². The fraction of sp³-hybridized carbons (Fsp3) is 0.364. The van der Waals surface area contributed by atoms with Crippen LogP contribution in [0.2, 0.25) is 0 Å². The van der Waals surface area contributed by atoms with Crippen LogP contribution in [0, 0.1) is 0 Å². The molecule has 0 radical (unpaired) electrons. The van der Waals surface area contributed by atoms with Crippen molar-refractivity contribution < 1.29 is 4.74 Å². The number of nitrogens with zero attached hydrogens (tertiary/aromatic N) is 2. The van der Waals surface area contributed by atoms with Crippen LogP contribution in [-0.4, -0.2) is 23.0 Å². The Bertz CT molecular complexity index is 450. The second-order valence-corrected chi connectivity index (χ2v) is 3.43. The number of aryl methyl sites for hydroxylation is 1. The van der Waals surface area contributed by atoms with Gasteiger partial charge in [0.2, 0.25) is 0 Å². The maximum atomic E-state index is 5.47. The smallest absolute Gasteiger partial charge is 0.179 e. The second-order valence-electron chi connectivity index (χ2n) is 3.43. The summed E-state index contributed by atoms with van der Waals surface area (Å²) in [5, 5.41) is 0. The molecule has 0 aliphatic heterocycles. The fourth-order valence-electron chi connectivity index (χ4n) is 1.60. The molecule has 80 valence electrons. The number of hydrogen-bond acceptors (Lipinski definition) is 3. The van der Waals surface area contributed by atoms with Crippen LogP contribution in [0.1, 0.15) is 12.1 Å². The zero-order valence-electron chi connectivity index (χ0n) is 8.81. The number of methoxy groups -OCH3 is 1. The van der Waals surface area contributed by atoms with E-state index in [1.165, 1.54) is 0 Å². The fourth-order valence-corrected chi connectivity index (χ4v) is 1.60. The summed E-state index contributed by atoms with van der Waals surface area (Å²) in [6, 6.07) is 3.86. The van der Waals surface area contributed by atoms with Crippen molar-refractivity contribution in [3.8, 4) is 5.75 Å². The molecule has 0 saturated carbocycles. The zero-order valence-corrected chi connectivity index (χ0v) is 8.81.